The van der Waals surface area contributed by atoms with Gasteiger partial charge in [0, 0.05) is 30.8 Å². The summed E-state index contributed by atoms with van der Waals surface area (Å²) in [6, 6.07) is 2.16. The van der Waals surface area contributed by atoms with Crippen LogP contribution in [0.1, 0.15) is 128 Å². The third-order valence-electron chi connectivity index (χ3n) is 7.29. The van der Waals surface area contributed by atoms with Crippen LogP contribution in [0, 0.1) is 17.2 Å². The number of hydrogen-bond acceptors (Lipinski definition) is 7. The summed E-state index contributed by atoms with van der Waals surface area (Å²) in [4.78, 5) is 27.9. The van der Waals surface area contributed by atoms with E-state index in [1.807, 2.05) is 10.9 Å². The molecule has 1 aliphatic rings. The molecule has 39 heavy (non-hydrogen) atoms. The van der Waals surface area contributed by atoms with Crippen molar-refractivity contribution in [3.05, 3.63) is 35.7 Å². The first-order valence-corrected chi connectivity index (χ1v) is 14.5. The molecule has 1 unspecified atom stereocenters. The zero-order valence-corrected chi connectivity index (χ0v) is 24.8. The lowest BCUT2D eigenvalue weighted by molar-refractivity contribution is 0.634. The van der Waals surface area contributed by atoms with Crippen LogP contribution in [-0.4, -0.2) is 39.0 Å². The van der Waals surface area contributed by atoms with E-state index < -0.39 is 0 Å². The van der Waals surface area contributed by atoms with Crippen molar-refractivity contribution in [2.75, 3.05) is 0 Å². The lowest BCUT2D eigenvalue weighted by Gasteiger charge is -2.12. The highest BCUT2D eigenvalue weighted by Gasteiger charge is 2.24. The molecule has 4 aromatic heterocycles. The van der Waals surface area contributed by atoms with Crippen LogP contribution < -0.4 is 0 Å². The van der Waals surface area contributed by atoms with Gasteiger partial charge >= 0.3 is 0 Å². The molecule has 1 aliphatic carbocycles. The van der Waals surface area contributed by atoms with Gasteiger partial charge in [0.2, 0.25) is 0 Å². The summed E-state index contributed by atoms with van der Waals surface area (Å²) >= 11 is 0. The molecule has 0 radical (unpaired) electrons. The molecular weight excluding hydrogens is 486 g/mol. The van der Waals surface area contributed by atoms with Crippen LogP contribution >= 0.6 is 0 Å². The quantitative estimate of drug-likeness (QED) is 0.233. The van der Waals surface area contributed by atoms with Crippen LogP contribution in [0.5, 0.6) is 0 Å². The highest BCUT2D eigenvalue weighted by molar-refractivity contribution is 5.75. The summed E-state index contributed by atoms with van der Waals surface area (Å²) in [7, 11) is 0. The summed E-state index contributed by atoms with van der Waals surface area (Å²) in [5.74, 6) is 4.00. The first-order valence-electron chi connectivity index (χ1n) is 14.5. The van der Waals surface area contributed by atoms with Crippen LogP contribution in [0.2, 0.25) is 0 Å². The fraction of sp³-hybridized carbons (Fsp3) is 0.633. The smallest absolute Gasteiger partial charge is 0.163 e. The third-order valence-corrected chi connectivity index (χ3v) is 7.29. The molecule has 0 saturated heterocycles. The SMILES string of the molecule is CC(C)c1nc(C(C)C)c2ncn(CC3CC3)c2n1.CCC(C)c1nc(C(C)C)nc2c1ncn2CCC#N. The van der Waals surface area contributed by atoms with Crippen LogP contribution in [0.3, 0.4) is 0 Å². The van der Waals surface area contributed by atoms with Gasteiger partial charge in [-0.25, -0.2) is 29.9 Å². The summed E-state index contributed by atoms with van der Waals surface area (Å²) in [6.45, 7) is 18.8. The zero-order valence-electron chi connectivity index (χ0n) is 24.8. The molecule has 0 bridgehead atoms. The summed E-state index contributed by atoms with van der Waals surface area (Å²) in [6.07, 6.45) is 7.89. The van der Waals surface area contributed by atoms with Gasteiger partial charge in [-0.3, -0.25) is 0 Å². The van der Waals surface area contributed by atoms with Crippen LogP contribution in [0.4, 0.5) is 0 Å². The molecule has 0 aliphatic heterocycles. The highest BCUT2D eigenvalue weighted by Crippen LogP contribution is 2.32. The Kier molecular flexibility index (Phi) is 8.94. The lowest BCUT2D eigenvalue weighted by atomic mass is 10.0. The highest BCUT2D eigenvalue weighted by atomic mass is 15.1. The van der Waals surface area contributed by atoms with Crippen molar-refractivity contribution >= 4 is 22.3 Å². The number of fused-ring (bicyclic) bond motifs is 2. The Morgan fingerprint density at radius 1 is 0.795 bits per heavy atom. The van der Waals surface area contributed by atoms with E-state index in [-0.39, 0.29) is 5.92 Å². The molecule has 208 valence electrons. The Hall–Kier alpha value is -3.41. The van der Waals surface area contributed by atoms with E-state index in [1.54, 1.807) is 6.33 Å². The molecule has 0 aromatic carbocycles. The standard InChI is InChI=1S/C15H21N5.C15H22N4/c1-5-11(4)12-13-15(19-14(18-12)10(2)3)20(9-17-13)8-6-7-16;1-9(2)12-13-15(18-14(17-12)10(3)4)19(8-16-13)7-11-5-6-11/h9-11H,5-6,8H2,1-4H3;8-11H,5-7H2,1-4H3. The minimum Gasteiger partial charge on any atom is -0.315 e. The lowest BCUT2D eigenvalue weighted by Crippen LogP contribution is -2.07. The number of aromatic nitrogens is 8. The Bertz CT molecular complexity index is 1450. The van der Waals surface area contributed by atoms with E-state index in [1.165, 1.54) is 12.8 Å². The van der Waals surface area contributed by atoms with Crippen molar-refractivity contribution in [2.24, 2.45) is 5.92 Å². The third kappa shape index (κ3) is 6.43. The maximum absolute atomic E-state index is 8.74. The molecule has 1 fully saturated rings. The van der Waals surface area contributed by atoms with Gasteiger partial charge in [-0.05, 0) is 31.1 Å². The van der Waals surface area contributed by atoms with Crippen LogP contribution in [0.25, 0.3) is 22.3 Å². The fourth-order valence-corrected chi connectivity index (χ4v) is 4.47. The number of nitriles is 1. The predicted octanol–water partition coefficient (Wildman–Crippen LogP) is 6.86. The van der Waals surface area contributed by atoms with Crippen molar-refractivity contribution in [2.45, 2.75) is 118 Å². The van der Waals surface area contributed by atoms with Crippen molar-refractivity contribution in [1.29, 1.82) is 5.26 Å². The predicted molar refractivity (Wildman–Crippen MR) is 155 cm³/mol. The Morgan fingerprint density at radius 3 is 1.85 bits per heavy atom. The largest absolute Gasteiger partial charge is 0.315 e. The van der Waals surface area contributed by atoms with Crippen molar-refractivity contribution < 1.29 is 0 Å². The normalized spacial score (nSPS) is 14.3. The number of rotatable bonds is 9. The van der Waals surface area contributed by atoms with E-state index in [2.05, 4.69) is 81.0 Å². The number of hydrogen-bond donors (Lipinski definition) is 0. The number of imidazole rings is 2. The topological polar surface area (TPSA) is 111 Å². The Labute approximate surface area is 232 Å². The molecule has 4 aromatic rings. The fourth-order valence-electron chi connectivity index (χ4n) is 4.47. The van der Waals surface area contributed by atoms with E-state index in [0.717, 1.165) is 64.2 Å². The minimum absolute atomic E-state index is 0.279. The van der Waals surface area contributed by atoms with E-state index in [4.69, 9.17) is 20.2 Å². The van der Waals surface area contributed by atoms with Gasteiger partial charge in [-0.2, -0.15) is 5.26 Å². The molecule has 9 nitrogen and oxygen atoms in total. The van der Waals surface area contributed by atoms with Gasteiger partial charge in [-0.1, -0.05) is 55.4 Å². The van der Waals surface area contributed by atoms with Crippen molar-refractivity contribution in [3.63, 3.8) is 0 Å². The number of nitrogens with zero attached hydrogens (tertiary/aromatic N) is 9. The van der Waals surface area contributed by atoms with Gasteiger partial charge in [0.1, 0.15) is 22.7 Å². The van der Waals surface area contributed by atoms with Crippen LogP contribution in [0.15, 0.2) is 12.7 Å². The van der Waals surface area contributed by atoms with Crippen molar-refractivity contribution in [1.82, 2.24) is 39.0 Å². The maximum Gasteiger partial charge on any atom is 0.163 e. The minimum atomic E-state index is 0.279. The maximum atomic E-state index is 8.74. The van der Waals surface area contributed by atoms with Crippen molar-refractivity contribution in [3.8, 4) is 6.07 Å². The Balaban J connectivity index is 0.000000181. The van der Waals surface area contributed by atoms with E-state index >= 15 is 0 Å². The molecule has 1 saturated carbocycles. The molecule has 0 amide bonds. The summed E-state index contributed by atoms with van der Waals surface area (Å²) < 4.78 is 4.17. The monoisotopic (exact) mass is 529 g/mol. The average molecular weight is 530 g/mol. The van der Waals surface area contributed by atoms with Gasteiger partial charge in [-0.15, -0.1) is 0 Å². The number of aryl methyl sites for hydroxylation is 1. The zero-order chi connectivity index (χ0) is 28.3. The second kappa shape index (κ2) is 12.2. The van der Waals surface area contributed by atoms with E-state index in [0.29, 0.717) is 30.7 Å². The summed E-state index contributed by atoms with van der Waals surface area (Å²) in [5, 5.41) is 8.74. The first-order chi connectivity index (χ1) is 18.6. The van der Waals surface area contributed by atoms with Gasteiger partial charge in [0.15, 0.2) is 11.3 Å². The van der Waals surface area contributed by atoms with Crippen LogP contribution in [-0.2, 0) is 13.1 Å². The van der Waals surface area contributed by atoms with E-state index in [9.17, 15) is 0 Å². The molecule has 9 heteroatoms. The first kappa shape index (κ1) is 28.6. The van der Waals surface area contributed by atoms with Gasteiger partial charge < -0.3 is 9.13 Å². The molecule has 0 spiro atoms. The molecule has 1 atom stereocenters. The van der Waals surface area contributed by atoms with Gasteiger partial charge in [0.25, 0.3) is 0 Å². The second-order valence-corrected chi connectivity index (χ2v) is 11.7. The molecule has 0 N–H and O–H groups in total. The molecular formula is C30H43N9. The summed E-state index contributed by atoms with van der Waals surface area (Å²) in [5.41, 5.74) is 5.85. The van der Waals surface area contributed by atoms with Gasteiger partial charge in [0.05, 0.1) is 36.5 Å². The average Bonchev–Trinajstić information content (AvgIpc) is 3.50. The molecule has 5 rings (SSSR count). The Morgan fingerprint density at radius 2 is 1.33 bits per heavy atom. The molecule has 4 heterocycles. The second-order valence-electron chi connectivity index (χ2n) is 11.7.